The predicted molar refractivity (Wildman–Crippen MR) is 73.3 cm³/mol. The Hall–Kier alpha value is -1.47. The van der Waals surface area contributed by atoms with Crippen LogP contribution in [-0.2, 0) is 9.84 Å². The first-order chi connectivity index (χ1) is 9.15. The van der Waals surface area contributed by atoms with Crippen LogP contribution in [0.15, 0.2) is 17.0 Å². The molecule has 0 spiro atoms. The van der Waals surface area contributed by atoms with Gasteiger partial charge in [-0.25, -0.2) is 17.6 Å². The van der Waals surface area contributed by atoms with Crippen LogP contribution in [0.25, 0.3) is 0 Å². The summed E-state index contributed by atoms with van der Waals surface area (Å²) in [6.45, 7) is 1.92. The predicted octanol–water partition coefficient (Wildman–Crippen LogP) is 1.56. The molecule has 0 heterocycles. The monoisotopic (exact) mass is 303 g/mol. The van der Waals surface area contributed by atoms with Gasteiger partial charge in [0.2, 0.25) is 0 Å². The van der Waals surface area contributed by atoms with Crippen molar-refractivity contribution >= 4 is 15.8 Å². The Bertz CT molecular complexity index is 611. The summed E-state index contributed by atoms with van der Waals surface area (Å²) in [5.41, 5.74) is -0.404. The third-order valence-corrected chi connectivity index (χ3v) is 4.82. The normalized spacial score (nSPS) is 11.8. The number of benzene rings is 1. The minimum Gasteiger partial charge on any atom is -0.478 e. The number of carbonyl (C=O) groups is 1. The second-order valence-corrected chi connectivity index (χ2v) is 6.94. The fraction of sp³-hybridized carbons (Fsp3) is 0.462. The molecule has 5 nitrogen and oxygen atoms in total. The first kappa shape index (κ1) is 16.6. The lowest BCUT2D eigenvalue weighted by Crippen LogP contribution is -2.18. The molecule has 0 aliphatic carbocycles. The number of sulfone groups is 1. The molecule has 0 aliphatic rings. The number of nitrogens with zero attached hydrogens (tertiary/aromatic N) is 1. The maximum atomic E-state index is 13.6. The third kappa shape index (κ3) is 4.01. The third-order valence-electron chi connectivity index (χ3n) is 2.90. The molecule has 0 amide bonds. The minimum atomic E-state index is -3.70. The van der Waals surface area contributed by atoms with Crippen molar-refractivity contribution in [3.05, 3.63) is 29.1 Å². The van der Waals surface area contributed by atoms with Gasteiger partial charge in [0.15, 0.2) is 9.84 Å². The second-order valence-electron chi connectivity index (χ2n) is 4.86. The molecule has 0 aliphatic heterocycles. The highest BCUT2D eigenvalue weighted by Crippen LogP contribution is 2.22. The number of hydrogen-bond acceptors (Lipinski definition) is 4. The molecule has 1 N–H and O–H groups in total. The summed E-state index contributed by atoms with van der Waals surface area (Å²) in [6, 6.07) is 1.85. The van der Waals surface area contributed by atoms with Gasteiger partial charge in [0, 0.05) is 5.56 Å². The Balaban J connectivity index is 3.14. The molecule has 7 heteroatoms. The molecule has 0 unspecified atom stereocenters. The van der Waals surface area contributed by atoms with E-state index in [4.69, 9.17) is 5.11 Å². The van der Waals surface area contributed by atoms with Crippen molar-refractivity contribution in [3.63, 3.8) is 0 Å². The van der Waals surface area contributed by atoms with Crippen LogP contribution in [-0.4, -0.2) is 50.8 Å². The summed E-state index contributed by atoms with van der Waals surface area (Å²) in [5, 5.41) is 8.87. The van der Waals surface area contributed by atoms with E-state index >= 15 is 0 Å². The Labute approximate surface area is 117 Å². The molecule has 0 saturated heterocycles. The molecule has 1 rings (SSSR count). The van der Waals surface area contributed by atoms with Gasteiger partial charge < -0.3 is 10.0 Å². The van der Waals surface area contributed by atoms with Crippen LogP contribution in [0.1, 0.15) is 22.3 Å². The summed E-state index contributed by atoms with van der Waals surface area (Å²) in [6.07, 6.45) is 0.397. The van der Waals surface area contributed by atoms with Gasteiger partial charge in [-0.15, -0.1) is 0 Å². The zero-order valence-electron chi connectivity index (χ0n) is 11.7. The lowest BCUT2D eigenvalue weighted by atomic mass is 10.1. The summed E-state index contributed by atoms with van der Waals surface area (Å²) in [4.78, 5) is 12.5. The fourth-order valence-electron chi connectivity index (χ4n) is 1.78. The van der Waals surface area contributed by atoms with Crippen molar-refractivity contribution in [2.45, 2.75) is 18.2 Å². The van der Waals surface area contributed by atoms with Gasteiger partial charge >= 0.3 is 5.97 Å². The highest BCUT2D eigenvalue weighted by Gasteiger charge is 2.21. The Kier molecular flexibility index (Phi) is 5.24. The van der Waals surface area contributed by atoms with E-state index in [9.17, 15) is 17.6 Å². The lowest BCUT2D eigenvalue weighted by Gasteiger charge is -2.12. The van der Waals surface area contributed by atoms with Gasteiger partial charge in [-0.05, 0) is 46.1 Å². The zero-order valence-corrected chi connectivity index (χ0v) is 12.5. The number of aromatic carboxylic acids is 1. The lowest BCUT2D eigenvalue weighted by molar-refractivity contribution is 0.0696. The number of hydrogen-bond donors (Lipinski definition) is 1. The Morgan fingerprint density at radius 1 is 1.35 bits per heavy atom. The highest BCUT2D eigenvalue weighted by atomic mass is 32.2. The molecule has 0 saturated carbocycles. The summed E-state index contributed by atoms with van der Waals surface area (Å²) >= 11 is 0. The van der Waals surface area contributed by atoms with Crippen molar-refractivity contribution < 1.29 is 22.7 Å². The summed E-state index contributed by atoms with van der Waals surface area (Å²) < 4.78 is 38.0. The summed E-state index contributed by atoms with van der Waals surface area (Å²) in [5.74, 6) is -2.32. The first-order valence-electron chi connectivity index (χ1n) is 6.06. The summed E-state index contributed by atoms with van der Waals surface area (Å²) in [7, 11) is -0.0511. The van der Waals surface area contributed by atoms with E-state index in [2.05, 4.69) is 0 Å². The number of carboxylic acid groups (broad SMARTS) is 1. The second kappa shape index (κ2) is 6.32. The molecule has 0 atom stereocenters. The highest BCUT2D eigenvalue weighted by molar-refractivity contribution is 7.91. The number of rotatable bonds is 6. The molecular formula is C13H18FNO4S. The van der Waals surface area contributed by atoms with Crippen molar-refractivity contribution in [1.29, 1.82) is 0 Å². The maximum absolute atomic E-state index is 13.6. The fourth-order valence-corrected chi connectivity index (χ4v) is 3.38. The SMILES string of the molecule is Cc1c(F)cc(C(=O)O)cc1S(=O)(=O)CCCN(C)C. The molecule has 112 valence electrons. The van der Waals surface area contributed by atoms with Crippen LogP contribution in [0.3, 0.4) is 0 Å². The Morgan fingerprint density at radius 3 is 2.45 bits per heavy atom. The van der Waals surface area contributed by atoms with E-state index in [1.165, 1.54) is 6.92 Å². The minimum absolute atomic E-state index is 0.0418. The van der Waals surface area contributed by atoms with Crippen LogP contribution in [0, 0.1) is 12.7 Å². The van der Waals surface area contributed by atoms with Crippen LogP contribution < -0.4 is 0 Å². The smallest absolute Gasteiger partial charge is 0.335 e. The van der Waals surface area contributed by atoms with Crippen LogP contribution in [0.5, 0.6) is 0 Å². The molecule has 0 aromatic heterocycles. The largest absolute Gasteiger partial charge is 0.478 e. The van der Waals surface area contributed by atoms with Gasteiger partial charge in [0.1, 0.15) is 5.82 Å². The molecule has 0 radical (unpaired) electrons. The van der Waals surface area contributed by atoms with Gasteiger partial charge in [-0.2, -0.15) is 0 Å². The van der Waals surface area contributed by atoms with Crippen LogP contribution in [0.2, 0.25) is 0 Å². The van der Waals surface area contributed by atoms with Crippen molar-refractivity contribution in [2.75, 3.05) is 26.4 Å². The molecule has 1 aromatic rings. The van der Waals surface area contributed by atoms with E-state index in [0.717, 1.165) is 12.1 Å². The zero-order chi connectivity index (χ0) is 15.5. The van der Waals surface area contributed by atoms with Gasteiger partial charge in [0.25, 0.3) is 0 Å². The van der Waals surface area contributed by atoms with Crippen LogP contribution >= 0.6 is 0 Å². The van der Waals surface area contributed by atoms with E-state index in [1.54, 1.807) is 0 Å². The van der Waals surface area contributed by atoms with E-state index in [1.807, 2.05) is 19.0 Å². The van der Waals surface area contributed by atoms with Gasteiger partial charge in [-0.1, -0.05) is 0 Å². The van der Waals surface area contributed by atoms with Crippen molar-refractivity contribution in [3.8, 4) is 0 Å². The molecule has 0 bridgehead atoms. The number of carboxylic acids is 1. The number of halogens is 1. The van der Waals surface area contributed by atoms with Gasteiger partial charge in [0.05, 0.1) is 16.2 Å². The van der Waals surface area contributed by atoms with Crippen molar-refractivity contribution in [2.24, 2.45) is 0 Å². The van der Waals surface area contributed by atoms with E-state index < -0.39 is 21.6 Å². The maximum Gasteiger partial charge on any atom is 0.335 e. The average molecular weight is 303 g/mol. The molecule has 20 heavy (non-hydrogen) atoms. The first-order valence-corrected chi connectivity index (χ1v) is 7.71. The standard InChI is InChI=1S/C13H18FNO4S/c1-9-11(14)7-10(13(16)17)8-12(9)20(18,19)6-4-5-15(2)3/h7-8H,4-6H2,1-3H3,(H,16,17). The van der Waals surface area contributed by atoms with E-state index in [0.29, 0.717) is 13.0 Å². The average Bonchev–Trinajstić information content (AvgIpc) is 2.31. The van der Waals surface area contributed by atoms with Crippen LogP contribution in [0.4, 0.5) is 4.39 Å². The molecule has 1 aromatic carbocycles. The quantitative estimate of drug-likeness (QED) is 0.863. The van der Waals surface area contributed by atoms with E-state index in [-0.39, 0.29) is 21.8 Å². The molecular weight excluding hydrogens is 285 g/mol. The molecule has 0 fully saturated rings. The Morgan fingerprint density at radius 2 is 1.95 bits per heavy atom. The van der Waals surface area contributed by atoms with Crippen molar-refractivity contribution in [1.82, 2.24) is 4.90 Å². The van der Waals surface area contributed by atoms with Gasteiger partial charge in [-0.3, -0.25) is 0 Å². The topological polar surface area (TPSA) is 74.7 Å².